The fourth-order valence-electron chi connectivity index (χ4n) is 4.60. The summed E-state index contributed by atoms with van der Waals surface area (Å²) in [7, 11) is -3.22. The lowest BCUT2D eigenvalue weighted by Crippen LogP contribution is -2.11. The Morgan fingerprint density at radius 3 is 2.19 bits per heavy atom. The molecular formula is C22H25NO2S2. The van der Waals surface area contributed by atoms with E-state index in [1.165, 1.54) is 59.7 Å². The summed E-state index contributed by atoms with van der Waals surface area (Å²) in [6.07, 6.45) is 12.2. The SMILES string of the molecule is CSc1ccc(C2=C(c3ccc(S(C)(=O)=O)cn3)CC3(CCCC3)C2)cc1. The van der Waals surface area contributed by atoms with Crippen LogP contribution in [0.2, 0.25) is 0 Å². The standard InChI is InChI=1S/C22H25NO2S2/c1-26-17-7-5-16(6-8-17)19-13-22(11-3-4-12-22)14-20(19)21-10-9-18(15-23-21)27(2,24)25/h5-10,15H,3-4,11-14H2,1-2H3. The van der Waals surface area contributed by atoms with Gasteiger partial charge in [-0.2, -0.15) is 0 Å². The van der Waals surface area contributed by atoms with Crippen molar-refractivity contribution in [3.63, 3.8) is 0 Å². The maximum absolute atomic E-state index is 11.8. The van der Waals surface area contributed by atoms with E-state index in [1.54, 1.807) is 17.8 Å². The molecule has 0 N–H and O–H groups in total. The molecule has 1 aromatic heterocycles. The van der Waals surface area contributed by atoms with Crippen LogP contribution in [0.1, 0.15) is 49.8 Å². The number of pyridine rings is 1. The van der Waals surface area contributed by atoms with Crippen LogP contribution in [0.4, 0.5) is 0 Å². The second-order valence-corrected chi connectivity index (χ2v) is 10.8. The van der Waals surface area contributed by atoms with Crippen LogP contribution in [0.3, 0.4) is 0 Å². The van der Waals surface area contributed by atoms with Crippen LogP contribution in [0.25, 0.3) is 11.1 Å². The Balaban J connectivity index is 1.76. The number of nitrogens with zero attached hydrogens (tertiary/aromatic N) is 1. The minimum atomic E-state index is -3.22. The normalized spacial score (nSPS) is 19.2. The molecule has 0 atom stereocenters. The number of benzene rings is 1. The first-order valence-electron chi connectivity index (χ1n) is 9.43. The molecule has 2 aliphatic rings. The second kappa shape index (κ2) is 7.10. The Bertz CT molecular complexity index is 968. The molecule has 1 fully saturated rings. The molecular weight excluding hydrogens is 374 g/mol. The second-order valence-electron chi connectivity index (χ2n) is 7.90. The fraction of sp³-hybridized carbons (Fsp3) is 0.409. The summed E-state index contributed by atoms with van der Waals surface area (Å²) in [5.74, 6) is 0. The summed E-state index contributed by atoms with van der Waals surface area (Å²) in [4.78, 5) is 6.10. The van der Waals surface area contributed by atoms with E-state index < -0.39 is 9.84 Å². The molecule has 0 amide bonds. The van der Waals surface area contributed by atoms with Crippen molar-refractivity contribution in [3.05, 3.63) is 53.9 Å². The Kier molecular flexibility index (Phi) is 4.93. The summed E-state index contributed by atoms with van der Waals surface area (Å²) in [5.41, 5.74) is 5.27. The molecule has 0 aliphatic heterocycles. The highest BCUT2D eigenvalue weighted by atomic mass is 32.2. The summed E-state index contributed by atoms with van der Waals surface area (Å²) >= 11 is 1.75. The minimum Gasteiger partial charge on any atom is -0.255 e. The maximum atomic E-state index is 11.8. The summed E-state index contributed by atoms with van der Waals surface area (Å²) < 4.78 is 23.5. The van der Waals surface area contributed by atoms with Crippen molar-refractivity contribution in [3.8, 4) is 0 Å². The van der Waals surface area contributed by atoms with Gasteiger partial charge in [0.1, 0.15) is 0 Å². The van der Waals surface area contributed by atoms with Gasteiger partial charge in [-0.15, -0.1) is 11.8 Å². The average Bonchev–Trinajstić information content (AvgIpc) is 3.28. The molecule has 0 saturated heterocycles. The van der Waals surface area contributed by atoms with Gasteiger partial charge >= 0.3 is 0 Å². The van der Waals surface area contributed by atoms with Gasteiger partial charge < -0.3 is 0 Å². The van der Waals surface area contributed by atoms with Gasteiger partial charge in [0.05, 0.1) is 10.6 Å². The Hall–Kier alpha value is -1.59. The molecule has 1 saturated carbocycles. The van der Waals surface area contributed by atoms with Crippen LogP contribution in [-0.4, -0.2) is 25.9 Å². The van der Waals surface area contributed by atoms with Crippen LogP contribution in [0, 0.1) is 5.41 Å². The van der Waals surface area contributed by atoms with Crippen molar-refractivity contribution in [2.24, 2.45) is 5.41 Å². The van der Waals surface area contributed by atoms with Crippen LogP contribution in [0.5, 0.6) is 0 Å². The summed E-state index contributed by atoms with van der Waals surface area (Å²) in [5, 5.41) is 0. The van der Waals surface area contributed by atoms with E-state index in [0.717, 1.165) is 18.5 Å². The minimum absolute atomic E-state index is 0.284. The maximum Gasteiger partial charge on any atom is 0.177 e. The van der Waals surface area contributed by atoms with E-state index in [2.05, 4.69) is 35.5 Å². The molecule has 1 heterocycles. The van der Waals surface area contributed by atoms with Crippen molar-refractivity contribution in [2.75, 3.05) is 12.5 Å². The number of allylic oxidation sites excluding steroid dienone is 2. The van der Waals surface area contributed by atoms with E-state index in [9.17, 15) is 8.42 Å². The fourth-order valence-corrected chi connectivity index (χ4v) is 5.56. The first-order chi connectivity index (χ1) is 12.9. The Labute approximate surface area is 166 Å². The molecule has 2 aliphatic carbocycles. The van der Waals surface area contributed by atoms with Gasteiger partial charge in [0.25, 0.3) is 0 Å². The monoisotopic (exact) mass is 399 g/mol. The highest BCUT2D eigenvalue weighted by Gasteiger charge is 2.41. The zero-order valence-electron chi connectivity index (χ0n) is 15.9. The lowest BCUT2D eigenvalue weighted by Gasteiger charge is -2.23. The van der Waals surface area contributed by atoms with E-state index >= 15 is 0 Å². The van der Waals surface area contributed by atoms with Crippen molar-refractivity contribution in [1.29, 1.82) is 0 Å². The molecule has 2 aromatic rings. The van der Waals surface area contributed by atoms with Gasteiger partial charge in [-0.1, -0.05) is 25.0 Å². The highest BCUT2D eigenvalue weighted by molar-refractivity contribution is 7.98. The number of thioether (sulfide) groups is 1. The van der Waals surface area contributed by atoms with Gasteiger partial charge in [0, 0.05) is 17.3 Å². The summed E-state index contributed by atoms with van der Waals surface area (Å²) in [6.45, 7) is 0. The van der Waals surface area contributed by atoms with Crippen molar-refractivity contribution in [1.82, 2.24) is 4.98 Å². The van der Waals surface area contributed by atoms with Gasteiger partial charge in [-0.3, -0.25) is 4.98 Å². The molecule has 4 rings (SSSR count). The topological polar surface area (TPSA) is 47.0 Å². The number of hydrogen-bond acceptors (Lipinski definition) is 4. The first-order valence-corrected chi connectivity index (χ1v) is 12.5. The molecule has 0 bridgehead atoms. The number of rotatable bonds is 4. The Morgan fingerprint density at radius 2 is 1.63 bits per heavy atom. The predicted octanol–water partition coefficient (Wildman–Crippen LogP) is 5.47. The lowest BCUT2D eigenvalue weighted by molar-refractivity contribution is 0.329. The number of hydrogen-bond donors (Lipinski definition) is 0. The molecule has 0 unspecified atom stereocenters. The highest BCUT2D eigenvalue weighted by Crippen LogP contribution is 2.57. The van der Waals surface area contributed by atoms with E-state index in [0.29, 0.717) is 5.41 Å². The van der Waals surface area contributed by atoms with Crippen molar-refractivity contribution < 1.29 is 8.42 Å². The number of aromatic nitrogens is 1. The molecule has 142 valence electrons. The third kappa shape index (κ3) is 3.72. The summed E-state index contributed by atoms with van der Waals surface area (Å²) in [6, 6.07) is 12.4. The molecule has 5 heteroatoms. The molecule has 1 aromatic carbocycles. The lowest BCUT2D eigenvalue weighted by atomic mass is 9.81. The van der Waals surface area contributed by atoms with Crippen LogP contribution in [-0.2, 0) is 9.84 Å². The molecule has 27 heavy (non-hydrogen) atoms. The Morgan fingerprint density at radius 1 is 0.963 bits per heavy atom. The average molecular weight is 400 g/mol. The smallest absolute Gasteiger partial charge is 0.177 e. The zero-order valence-corrected chi connectivity index (χ0v) is 17.5. The van der Waals surface area contributed by atoms with E-state index in [4.69, 9.17) is 0 Å². The number of sulfone groups is 1. The third-order valence-electron chi connectivity index (χ3n) is 6.04. The van der Waals surface area contributed by atoms with Gasteiger partial charge in [0.15, 0.2) is 9.84 Å². The van der Waals surface area contributed by atoms with Crippen molar-refractivity contribution in [2.45, 2.75) is 48.3 Å². The van der Waals surface area contributed by atoms with Crippen LogP contribution in [0.15, 0.2) is 52.4 Å². The molecule has 1 spiro atoms. The van der Waals surface area contributed by atoms with Gasteiger partial charge in [-0.25, -0.2) is 8.42 Å². The quantitative estimate of drug-likeness (QED) is 0.640. The van der Waals surface area contributed by atoms with E-state index in [1.807, 2.05) is 6.07 Å². The van der Waals surface area contributed by atoms with Gasteiger partial charge in [0.2, 0.25) is 0 Å². The van der Waals surface area contributed by atoms with Gasteiger partial charge in [-0.05, 0) is 78.3 Å². The molecule has 0 radical (unpaired) electrons. The van der Waals surface area contributed by atoms with E-state index in [-0.39, 0.29) is 4.90 Å². The van der Waals surface area contributed by atoms with Crippen molar-refractivity contribution >= 4 is 32.7 Å². The molecule has 3 nitrogen and oxygen atoms in total. The largest absolute Gasteiger partial charge is 0.255 e. The van der Waals surface area contributed by atoms with Crippen LogP contribution < -0.4 is 0 Å². The third-order valence-corrected chi connectivity index (χ3v) is 7.89. The predicted molar refractivity (Wildman–Crippen MR) is 113 cm³/mol. The first kappa shape index (κ1) is 18.8. The van der Waals surface area contributed by atoms with Crippen LogP contribution >= 0.6 is 11.8 Å². The zero-order chi connectivity index (χ0) is 19.1.